The highest BCUT2D eigenvalue weighted by Gasteiger charge is 2.21. The monoisotopic (exact) mass is 414 g/mol. The molecule has 0 saturated carbocycles. The molecule has 4 aromatic rings. The predicted octanol–water partition coefficient (Wildman–Crippen LogP) is 3.24. The lowest BCUT2D eigenvalue weighted by Crippen LogP contribution is -2.09. The van der Waals surface area contributed by atoms with E-state index in [2.05, 4.69) is 25.2 Å². The highest BCUT2D eigenvalue weighted by molar-refractivity contribution is 5.85. The largest absolute Gasteiger partial charge is 0.493 e. The molecule has 0 atom stereocenters. The van der Waals surface area contributed by atoms with E-state index in [0.29, 0.717) is 47.1 Å². The highest BCUT2D eigenvalue weighted by Crippen LogP contribution is 2.33. The number of benzene rings is 1. The summed E-state index contributed by atoms with van der Waals surface area (Å²) in [5.74, 6) is 1.00. The Hall–Kier alpha value is -4.44. The molecule has 4 heterocycles. The van der Waals surface area contributed by atoms with Gasteiger partial charge < -0.3 is 14.9 Å². The number of rotatable bonds is 4. The summed E-state index contributed by atoms with van der Waals surface area (Å²) in [5, 5.41) is 16.6. The Labute approximate surface area is 176 Å². The zero-order valence-electron chi connectivity index (χ0n) is 16.4. The summed E-state index contributed by atoms with van der Waals surface area (Å²) in [4.78, 5) is 12.3. The lowest BCUT2D eigenvalue weighted by molar-refractivity contribution is 0.356. The molecule has 10 heteroatoms. The summed E-state index contributed by atoms with van der Waals surface area (Å²) in [7, 11) is 1.72. The van der Waals surface area contributed by atoms with E-state index in [9.17, 15) is 9.65 Å². The molecular weight excluding hydrogens is 399 g/mol. The van der Waals surface area contributed by atoms with Gasteiger partial charge in [-0.25, -0.2) is 19.0 Å². The van der Waals surface area contributed by atoms with Gasteiger partial charge in [0, 0.05) is 54.7 Å². The Morgan fingerprint density at radius 1 is 1.35 bits per heavy atom. The van der Waals surface area contributed by atoms with Gasteiger partial charge >= 0.3 is 5.82 Å². The summed E-state index contributed by atoms with van der Waals surface area (Å²) in [6, 6.07) is 5.07. The molecule has 0 spiro atoms. The lowest BCUT2D eigenvalue weighted by Gasteiger charge is -2.12. The minimum Gasteiger partial charge on any atom is -0.493 e. The normalized spacial score (nSPS) is 12.3. The number of imidazole rings is 1. The van der Waals surface area contributed by atoms with Crippen LogP contribution >= 0.6 is 0 Å². The van der Waals surface area contributed by atoms with Crippen LogP contribution in [0.15, 0.2) is 30.7 Å². The first-order valence-electron chi connectivity index (χ1n) is 9.45. The number of nitrogens with zero attached hydrogens (tertiary/aromatic N) is 7. The number of aromatic nitrogens is 5. The van der Waals surface area contributed by atoms with E-state index in [4.69, 9.17) is 11.3 Å². The first-order chi connectivity index (χ1) is 15.1. The van der Waals surface area contributed by atoms with Crippen LogP contribution in [-0.4, -0.2) is 30.8 Å². The maximum Gasteiger partial charge on any atom is 0.303 e. The number of nitriles is 1. The first-order valence-corrected chi connectivity index (χ1v) is 9.45. The van der Waals surface area contributed by atoms with Crippen molar-refractivity contribution in [3.05, 3.63) is 64.8 Å². The fraction of sp³-hybridized carbons (Fsp3) is 0.190. The van der Waals surface area contributed by atoms with Gasteiger partial charge in [0.1, 0.15) is 23.3 Å². The van der Waals surface area contributed by atoms with E-state index < -0.39 is 0 Å². The van der Waals surface area contributed by atoms with Crippen molar-refractivity contribution in [2.75, 3.05) is 11.9 Å². The minimum absolute atomic E-state index is 0.195. The molecule has 0 bridgehead atoms. The van der Waals surface area contributed by atoms with Gasteiger partial charge in [-0.05, 0) is 17.2 Å². The smallest absolute Gasteiger partial charge is 0.303 e. The topological polar surface area (TPSA) is 97.4 Å². The summed E-state index contributed by atoms with van der Waals surface area (Å²) in [5.41, 5.74) is 3.17. The third-order valence-corrected chi connectivity index (χ3v) is 5.17. The van der Waals surface area contributed by atoms with Crippen LogP contribution in [0.2, 0.25) is 0 Å². The average molecular weight is 414 g/mol. The molecule has 0 amide bonds. The Balaban J connectivity index is 1.57. The molecule has 31 heavy (non-hydrogen) atoms. The van der Waals surface area contributed by atoms with Crippen molar-refractivity contribution < 1.29 is 9.13 Å². The number of hydrogen-bond donors (Lipinski definition) is 1. The summed E-state index contributed by atoms with van der Waals surface area (Å²) < 4.78 is 23.2. The lowest BCUT2D eigenvalue weighted by atomic mass is 10.0. The van der Waals surface area contributed by atoms with Crippen LogP contribution in [-0.2, 0) is 20.0 Å². The Kier molecular flexibility index (Phi) is 4.26. The molecule has 1 N–H and O–H groups in total. The van der Waals surface area contributed by atoms with E-state index in [-0.39, 0.29) is 23.9 Å². The van der Waals surface area contributed by atoms with Crippen LogP contribution in [0, 0.1) is 23.7 Å². The molecule has 0 radical (unpaired) electrons. The average Bonchev–Trinajstić information content (AvgIpc) is 3.50. The van der Waals surface area contributed by atoms with Crippen molar-refractivity contribution >= 4 is 17.4 Å². The fourth-order valence-electron chi connectivity index (χ4n) is 3.78. The van der Waals surface area contributed by atoms with Gasteiger partial charge in [-0.3, -0.25) is 4.40 Å². The van der Waals surface area contributed by atoms with Crippen molar-refractivity contribution in [1.82, 2.24) is 24.1 Å². The second-order valence-electron chi connectivity index (χ2n) is 7.03. The maximum absolute atomic E-state index is 14.5. The summed E-state index contributed by atoms with van der Waals surface area (Å²) in [6.07, 6.45) is 5.49. The zero-order valence-corrected chi connectivity index (χ0v) is 16.4. The van der Waals surface area contributed by atoms with Gasteiger partial charge in [-0.2, -0.15) is 5.26 Å². The van der Waals surface area contributed by atoms with Crippen molar-refractivity contribution in [1.29, 1.82) is 5.26 Å². The maximum atomic E-state index is 14.5. The van der Waals surface area contributed by atoms with Gasteiger partial charge in [-0.15, -0.1) is 0 Å². The quantitative estimate of drug-likeness (QED) is 0.515. The van der Waals surface area contributed by atoms with Crippen molar-refractivity contribution in [2.24, 2.45) is 7.05 Å². The van der Waals surface area contributed by atoms with Crippen LogP contribution < -0.4 is 10.1 Å². The molecule has 5 rings (SSSR count). The number of nitrogens with one attached hydrogen (secondary N) is 1. The molecule has 0 fully saturated rings. The van der Waals surface area contributed by atoms with Gasteiger partial charge in [0.05, 0.1) is 12.8 Å². The number of ether oxygens (including phenoxy) is 1. The molecule has 9 nitrogen and oxygen atoms in total. The molecule has 1 aliphatic rings. The van der Waals surface area contributed by atoms with Gasteiger partial charge in [0.2, 0.25) is 5.95 Å². The SMILES string of the molecule is [C-]#[N+]c1nn(C)cc1-c1cnc(NCc2c(F)ccc3c2CCO3)n2cc(C#N)nc12. The Bertz CT molecular complexity index is 1420. The molecule has 1 aromatic carbocycles. The van der Waals surface area contributed by atoms with E-state index >= 15 is 0 Å². The first kappa shape index (κ1) is 18.6. The Morgan fingerprint density at radius 3 is 3.03 bits per heavy atom. The fourth-order valence-corrected chi connectivity index (χ4v) is 3.78. The van der Waals surface area contributed by atoms with E-state index in [1.54, 1.807) is 40.8 Å². The molecule has 0 aliphatic carbocycles. The Morgan fingerprint density at radius 2 is 2.23 bits per heavy atom. The van der Waals surface area contributed by atoms with E-state index in [1.165, 1.54) is 6.07 Å². The van der Waals surface area contributed by atoms with Crippen LogP contribution in [0.1, 0.15) is 16.8 Å². The van der Waals surface area contributed by atoms with Crippen molar-refractivity contribution in [2.45, 2.75) is 13.0 Å². The molecule has 0 saturated heterocycles. The number of aryl methyl sites for hydroxylation is 1. The van der Waals surface area contributed by atoms with Crippen molar-refractivity contribution in [3.63, 3.8) is 0 Å². The second-order valence-corrected chi connectivity index (χ2v) is 7.03. The van der Waals surface area contributed by atoms with Gasteiger partial charge in [0.15, 0.2) is 5.69 Å². The highest BCUT2D eigenvalue weighted by atomic mass is 19.1. The van der Waals surface area contributed by atoms with Crippen LogP contribution in [0.5, 0.6) is 5.75 Å². The molecule has 3 aromatic heterocycles. The third kappa shape index (κ3) is 3.02. The number of fused-ring (bicyclic) bond motifs is 2. The molecule has 1 aliphatic heterocycles. The second kappa shape index (κ2) is 7.11. The van der Waals surface area contributed by atoms with Crippen LogP contribution in [0.25, 0.3) is 21.6 Å². The standard InChI is InChI=1S/C21H15FN8O/c1-24-19-16(11-29(2)28-19)15-9-26-21(30-10-12(7-23)27-20(15)30)25-8-14-13-5-6-31-18(13)4-3-17(14)22/h3-4,9-11H,5-6,8H2,2H3,(H,25,26). The number of hydrogen-bond acceptors (Lipinski definition) is 6. The van der Waals surface area contributed by atoms with Crippen LogP contribution in [0.4, 0.5) is 16.2 Å². The number of halogens is 1. The van der Waals surface area contributed by atoms with E-state index in [1.807, 2.05) is 6.07 Å². The van der Waals surface area contributed by atoms with Crippen LogP contribution in [0.3, 0.4) is 0 Å². The minimum atomic E-state index is -0.315. The summed E-state index contributed by atoms with van der Waals surface area (Å²) >= 11 is 0. The molecule has 152 valence electrons. The number of anilines is 1. The predicted molar refractivity (Wildman–Crippen MR) is 109 cm³/mol. The zero-order chi connectivity index (χ0) is 21.5. The summed E-state index contributed by atoms with van der Waals surface area (Å²) in [6.45, 7) is 8.10. The molecule has 0 unspecified atom stereocenters. The van der Waals surface area contributed by atoms with Gasteiger partial charge in [-0.1, -0.05) is 6.57 Å². The van der Waals surface area contributed by atoms with E-state index in [0.717, 1.165) is 5.56 Å². The van der Waals surface area contributed by atoms with Crippen molar-refractivity contribution in [3.8, 4) is 22.9 Å². The molecular formula is C21H15FN8O. The van der Waals surface area contributed by atoms with Gasteiger partial charge in [0.25, 0.3) is 0 Å². The third-order valence-electron chi connectivity index (χ3n) is 5.17.